The van der Waals surface area contributed by atoms with E-state index in [1.54, 1.807) is 6.92 Å². The van der Waals surface area contributed by atoms with Crippen molar-refractivity contribution in [3.05, 3.63) is 36.9 Å². The van der Waals surface area contributed by atoms with Crippen LogP contribution in [0.3, 0.4) is 0 Å². The molecule has 2 aromatic rings. The van der Waals surface area contributed by atoms with Crippen LogP contribution >= 0.6 is 0 Å². The van der Waals surface area contributed by atoms with Crippen LogP contribution in [0.25, 0.3) is 0 Å². The first-order valence-electron chi connectivity index (χ1n) is 11.2. The van der Waals surface area contributed by atoms with E-state index in [0.717, 1.165) is 24.9 Å². The standard InChI is InChI=1S/C24H31N5O2/c1-16(29-15-25-14-26-29)20(30)27-18-4-6-19(7-5-18)28-21(31)24-10-17-8-22(2,12-24)11-23(3,9-17)13-24/h4-7,14-17H,8-13H2,1-3H3,(H,27,30)(H,28,31). The molecular formula is C24H31N5O2. The summed E-state index contributed by atoms with van der Waals surface area (Å²) in [4.78, 5) is 29.7. The van der Waals surface area contributed by atoms with E-state index in [-0.39, 0.29) is 17.2 Å². The fourth-order valence-corrected chi connectivity index (χ4v) is 7.39. The summed E-state index contributed by atoms with van der Waals surface area (Å²) >= 11 is 0. The molecule has 3 unspecified atom stereocenters. The Morgan fingerprint density at radius 3 is 2.16 bits per heavy atom. The summed E-state index contributed by atoms with van der Waals surface area (Å²) in [5, 5.41) is 10.1. The third kappa shape index (κ3) is 3.64. The van der Waals surface area contributed by atoms with Crippen LogP contribution in [0.4, 0.5) is 11.4 Å². The highest BCUT2D eigenvalue weighted by molar-refractivity contribution is 5.97. The molecule has 1 aromatic carbocycles. The monoisotopic (exact) mass is 421 g/mol. The van der Waals surface area contributed by atoms with Crippen molar-refractivity contribution in [3.8, 4) is 0 Å². The quantitative estimate of drug-likeness (QED) is 0.748. The van der Waals surface area contributed by atoms with E-state index in [9.17, 15) is 9.59 Å². The minimum Gasteiger partial charge on any atom is -0.326 e. The minimum absolute atomic E-state index is 0.169. The van der Waals surface area contributed by atoms with Gasteiger partial charge in [0.2, 0.25) is 11.8 Å². The average Bonchev–Trinajstić information content (AvgIpc) is 3.20. The third-order valence-electron chi connectivity index (χ3n) is 7.73. The first kappa shape index (κ1) is 20.2. The van der Waals surface area contributed by atoms with Crippen molar-refractivity contribution in [3.63, 3.8) is 0 Å². The van der Waals surface area contributed by atoms with Crippen molar-refractivity contribution in [2.24, 2.45) is 22.2 Å². The van der Waals surface area contributed by atoms with Crippen LogP contribution < -0.4 is 10.6 Å². The average molecular weight is 422 g/mol. The molecule has 1 heterocycles. The Morgan fingerprint density at radius 1 is 1.00 bits per heavy atom. The molecular weight excluding hydrogens is 390 g/mol. The molecule has 4 aliphatic rings. The molecule has 164 valence electrons. The Hall–Kier alpha value is -2.70. The van der Waals surface area contributed by atoms with E-state index in [0.29, 0.717) is 22.4 Å². The van der Waals surface area contributed by atoms with E-state index >= 15 is 0 Å². The van der Waals surface area contributed by atoms with Crippen LogP contribution in [-0.2, 0) is 9.59 Å². The predicted octanol–water partition coefficient (Wildman–Crippen LogP) is 4.41. The number of anilines is 2. The first-order chi connectivity index (χ1) is 14.7. The predicted molar refractivity (Wildman–Crippen MR) is 118 cm³/mol. The lowest BCUT2D eigenvalue weighted by Gasteiger charge is -2.64. The molecule has 2 amide bonds. The number of carbonyl (C=O) groups is 2. The molecule has 4 bridgehead atoms. The minimum atomic E-state index is -0.458. The summed E-state index contributed by atoms with van der Waals surface area (Å²) in [7, 11) is 0. The Bertz CT molecular complexity index is 981. The van der Waals surface area contributed by atoms with E-state index in [4.69, 9.17) is 0 Å². The van der Waals surface area contributed by atoms with Crippen LogP contribution in [0.1, 0.15) is 65.3 Å². The fraction of sp³-hybridized carbons (Fsp3) is 0.583. The fourth-order valence-electron chi connectivity index (χ4n) is 7.39. The molecule has 6 rings (SSSR count). The second-order valence-electron chi connectivity index (χ2n) is 11.0. The Morgan fingerprint density at radius 2 is 1.61 bits per heavy atom. The lowest BCUT2D eigenvalue weighted by atomic mass is 9.40. The summed E-state index contributed by atoms with van der Waals surface area (Å²) < 4.78 is 1.51. The molecule has 1 aromatic heterocycles. The zero-order chi connectivity index (χ0) is 21.9. The topological polar surface area (TPSA) is 88.9 Å². The molecule has 7 nitrogen and oxygen atoms in total. The third-order valence-corrected chi connectivity index (χ3v) is 7.73. The smallest absolute Gasteiger partial charge is 0.249 e. The Balaban J connectivity index is 1.25. The molecule has 3 atom stereocenters. The van der Waals surface area contributed by atoms with Crippen molar-refractivity contribution in [1.82, 2.24) is 14.8 Å². The maximum atomic E-state index is 13.4. The molecule has 31 heavy (non-hydrogen) atoms. The summed E-state index contributed by atoms with van der Waals surface area (Å²) in [6, 6.07) is 6.91. The van der Waals surface area contributed by atoms with Crippen molar-refractivity contribution in [2.75, 3.05) is 10.6 Å². The number of hydrogen-bond donors (Lipinski definition) is 2. The zero-order valence-corrected chi connectivity index (χ0v) is 18.5. The largest absolute Gasteiger partial charge is 0.326 e. The van der Waals surface area contributed by atoms with E-state index in [1.807, 2.05) is 24.3 Å². The summed E-state index contributed by atoms with van der Waals surface area (Å²) in [6.07, 6.45) is 9.78. The number of carbonyl (C=O) groups excluding carboxylic acids is 2. The van der Waals surface area contributed by atoms with E-state index in [2.05, 4.69) is 34.6 Å². The number of amides is 2. The highest BCUT2D eigenvalue weighted by atomic mass is 16.2. The molecule has 7 heteroatoms. The van der Waals surface area contributed by atoms with Crippen molar-refractivity contribution in [1.29, 1.82) is 0 Å². The van der Waals surface area contributed by atoms with Gasteiger partial charge in [-0.15, -0.1) is 0 Å². The van der Waals surface area contributed by atoms with Crippen LogP contribution in [0.5, 0.6) is 0 Å². The second-order valence-corrected chi connectivity index (χ2v) is 11.0. The highest BCUT2D eigenvalue weighted by Gasteiger charge is 2.62. The Kier molecular flexibility index (Phi) is 4.50. The Labute approximate surface area is 183 Å². The van der Waals surface area contributed by atoms with E-state index < -0.39 is 6.04 Å². The van der Waals surface area contributed by atoms with Gasteiger partial charge in [-0.2, -0.15) is 5.10 Å². The van der Waals surface area contributed by atoms with Gasteiger partial charge in [-0.1, -0.05) is 13.8 Å². The van der Waals surface area contributed by atoms with Gasteiger partial charge < -0.3 is 10.6 Å². The van der Waals surface area contributed by atoms with Crippen molar-refractivity contribution < 1.29 is 9.59 Å². The number of nitrogens with one attached hydrogen (secondary N) is 2. The molecule has 0 spiro atoms. The van der Waals surface area contributed by atoms with Crippen molar-refractivity contribution >= 4 is 23.2 Å². The lowest BCUT2D eigenvalue weighted by molar-refractivity contribution is -0.165. The van der Waals surface area contributed by atoms with Crippen molar-refractivity contribution in [2.45, 2.75) is 65.3 Å². The molecule has 2 N–H and O–H groups in total. The first-order valence-corrected chi connectivity index (χ1v) is 11.2. The number of aromatic nitrogens is 3. The number of rotatable bonds is 5. The maximum absolute atomic E-state index is 13.4. The van der Waals surface area contributed by atoms with E-state index in [1.165, 1.54) is 36.6 Å². The van der Waals surface area contributed by atoms with Gasteiger partial charge in [-0.3, -0.25) is 9.59 Å². The van der Waals surface area contributed by atoms with Gasteiger partial charge in [0.25, 0.3) is 0 Å². The van der Waals surface area contributed by atoms with Crippen LogP contribution in [0.15, 0.2) is 36.9 Å². The molecule has 4 saturated carbocycles. The highest BCUT2D eigenvalue weighted by Crippen LogP contribution is 2.69. The normalized spacial score (nSPS) is 34.4. The number of hydrogen-bond acceptors (Lipinski definition) is 4. The summed E-state index contributed by atoms with van der Waals surface area (Å²) in [5.74, 6) is 0.685. The lowest BCUT2D eigenvalue weighted by Crippen LogP contribution is -2.58. The molecule has 0 radical (unpaired) electrons. The second kappa shape index (κ2) is 6.90. The zero-order valence-electron chi connectivity index (χ0n) is 18.5. The van der Waals surface area contributed by atoms with Gasteiger partial charge >= 0.3 is 0 Å². The van der Waals surface area contributed by atoms with Gasteiger partial charge in [0.15, 0.2) is 0 Å². The molecule has 0 aliphatic heterocycles. The summed E-state index contributed by atoms with van der Waals surface area (Å²) in [6.45, 7) is 6.54. The molecule has 4 fully saturated rings. The number of nitrogens with zero attached hydrogens (tertiary/aromatic N) is 3. The van der Waals surface area contributed by atoms with Gasteiger partial charge in [-0.25, -0.2) is 9.67 Å². The van der Waals surface area contributed by atoms with Gasteiger partial charge in [0.1, 0.15) is 18.7 Å². The SMILES string of the molecule is CC(C(=O)Nc1ccc(NC(=O)C23CC4CC(C)(CC(C)(C4)C2)C3)cc1)n1cncn1. The van der Waals surface area contributed by atoms with Gasteiger partial charge in [0, 0.05) is 11.4 Å². The van der Waals surface area contributed by atoms with Gasteiger partial charge in [-0.05, 0) is 86.5 Å². The van der Waals surface area contributed by atoms with Crippen LogP contribution in [0, 0.1) is 22.2 Å². The van der Waals surface area contributed by atoms with Crippen LogP contribution in [0.2, 0.25) is 0 Å². The van der Waals surface area contributed by atoms with Crippen LogP contribution in [-0.4, -0.2) is 26.6 Å². The summed E-state index contributed by atoms with van der Waals surface area (Å²) in [5.41, 5.74) is 1.84. The molecule has 4 aliphatic carbocycles. The van der Waals surface area contributed by atoms with Gasteiger partial charge in [0.05, 0.1) is 5.41 Å². The molecule has 0 saturated heterocycles. The maximum Gasteiger partial charge on any atom is 0.249 e. The number of benzene rings is 1.